The smallest absolute Gasteiger partial charge is 0.147 e. The van der Waals surface area contributed by atoms with Gasteiger partial charge in [0.05, 0.1) is 6.04 Å². The molecule has 0 amide bonds. The third-order valence-corrected chi connectivity index (χ3v) is 0.899. The molecule has 2 heteroatoms. The molecule has 1 atom stereocenters. The van der Waals surface area contributed by atoms with Gasteiger partial charge in [-0.3, -0.25) is 4.79 Å². The van der Waals surface area contributed by atoms with Crippen molar-refractivity contribution < 1.29 is 4.79 Å². The average molecular weight is 85.1 g/mol. The van der Waals surface area contributed by atoms with Crippen LogP contribution < -0.4 is 5.32 Å². The Morgan fingerprint density at radius 2 is 2.50 bits per heavy atom. The van der Waals surface area contributed by atoms with Crippen LogP contribution in [0.3, 0.4) is 0 Å². The first-order chi connectivity index (χ1) is 2.80. The molecular formula is C4H7NO. The largest absolute Gasteiger partial charge is 0.304 e. The van der Waals surface area contributed by atoms with Gasteiger partial charge in [0.2, 0.25) is 0 Å². The van der Waals surface area contributed by atoms with Gasteiger partial charge in [-0.1, -0.05) is 0 Å². The first-order valence-electron chi connectivity index (χ1n) is 2.04. The van der Waals surface area contributed by atoms with Gasteiger partial charge in [-0.15, -0.1) is 0 Å². The maximum Gasteiger partial charge on any atom is 0.147 e. The second-order valence-electron chi connectivity index (χ2n) is 1.57. The monoisotopic (exact) mass is 85.1 g/mol. The molecule has 0 radical (unpaired) electrons. The van der Waals surface area contributed by atoms with E-state index in [1.165, 1.54) is 0 Å². The Hall–Kier alpha value is -0.370. The Labute approximate surface area is 36.5 Å². The number of hydrogen-bond acceptors (Lipinski definition) is 2. The predicted octanol–water partition coefficient (Wildman–Crippen LogP) is -0.453. The molecule has 0 aromatic heterocycles. The van der Waals surface area contributed by atoms with Crippen LogP contribution >= 0.6 is 0 Å². The summed E-state index contributed by atoms with van der Waals surface area (Å²) in [5.74, 6) is 0.259. The van der Waals surface area contributed by atoms with Crippen molar-refractivity contribution in [3.8, 4) is 0 Å². The van der Waals surface area contributed by atoms with Crippen LogP contribution in [0, 0.1) is 0 Å². The molecule has 1 saturated heterocycles. The summed E-state index contributed by atoms with van der Waals surface area (Å²) in [6.07, 6.45) is 0. The highest BCUT2D eigenvalue weighted by atomic mass is 16.1. The fraction of sp³-hybridized carbons (Fsp3) is 0.750. The molecule has 0 aromatic carbocycles. The molecule has 0 bridgehead atoms. The molecular weight excluding hydrogens is 78.0 g/mol. The topological polar surface area (TPSA) is 39.0 Å². The van der Waals surface area contributed by atoms with Gasteiger partial charge in [-0.05, 0) is 6.92 Å². The highest BCUT2D eigenvalue weighted by Gasteiger charge is 2.24. The zero-order valence-electron chi connectivity index (χ0n) is 3.69. The molecule has 0 saturated carbocycles. The average Bonchev–Trinajstić information content (AvgIpc) is 2.06. The van der Waals surface area contributed by atoms with Gasteiger partial charge in [-0.2, -0.15) is 0 Å². The standard InChI is InChI=1S/C4H7NO/c1-3(6)4-2-5-4/h4-5H,2H2,1H3/t4-/m0/s1. The number of hydrogen-bond donors (Lipinski definition) is 1. The number of Topliss-reactive ketones (excluding diaryl/α,β-unsaturated/α-hetero) is 1. The number of rotatable bonds is 1. The number of nitrogens with one attached hydrogen (secondary N) is 1. The van der Waals surface area contributed by atoms with E-state index in [4.69, 9.17) is 0 Å². The van der Waals surface area contributed by atoms with Crippen molar-refractivity contribution in [2.45, 2.75) is 13.0 Å². The lowest BCUT2D eigenvalue weighted by Crippen LogP contribution is -2.02. The van der Waals surface area contributed by atoms with E-state index < -0.39 is 0 Å². The van der Waals surface area contributed by atoms with Gasteiger partial charge >= 0.3 is 0 Å². The Bertz CT molecular complexity index is 75.6. The normalized spacial score (nSPS) is 29.8. The summed E-state index contributed by atoms with van der Waals surface area (Å²) in [5.41, 5.74) is 0. The predicted molar refractivity (Wildman–Crippen MR) is 22.5 cm³/mol. The summed E-state index contributed by atoms with van der Waals surface area (Å²) in [6, 6.07) is 0.213. The summed E-state index contributed by atoms with van der Waals surface area (Å²) in [6.45, 7) is 2.50. The molecule has 0 aromatic rings. The Kier molecular flexibility index (Phi) is 0.665. The Morgan fingerprint density at radius 1 is 2.00 bits per heavy atom. The van der Waals surface area contributed by atoms with E-state index in [1.807, 2.05) is 0 Å². The minimum Gasteiger partial charge on any atom is -0.304 e. The van der Waals surface area contributed by atoms with Crippen molar-refractivity contribution >= 4 is 5.78 Å². The van der Waals surface area contributed by atoms with Crippen LogP contribution in [0.15, 0.2) is 0 Å². The van der Waals surface area contributed by atoms with E-state index in [0.717, 1.165) is 6.54 Å². The zero-order chi connectivity index (χ0) is 4.57. The third kappa shape index (κ3) is 0.571. The first kappa shape index (κ1) is 3.81. The molecule has 6 heavy (non-hydrogen) atoms. The van der Waals surface area contributed by atoms with Gasteiger partial charge < -0.3 is 5.32 Å². The highest BCUT2D eigenvalue weighted by molar-refractivity contribution is 5.84. The second-order valence-corrected chi connectivity index (χ2v) is 1.57. The van der Waals surface area contributed by atoms with E-state index >= 15 is 0 Å². The van der Waals surface area contributed by atoms with Crippen LogP contribution in [0.2, 0.25) is 0 Å². The van der Waals surface area contributed by atoms with Crippen molar-refractivity contribution in [2.75, 3.05) is 6.54 Å². The summed E-state index contributed by atoms with van der Waals surface area (Å²) in [5, 5.41) is 2.88. The van der Waals surface area contributed by atoms with Crippen LogP contribution in [0.5, 0.6) is 0 Å². The van der Waals surface area contributed by atoms with Crippen LogP contribution in [0.4, 0.5) is 0 Å². The lowest BCUT2D eigenvalue weighted by Gasteiger charge is -1.74. The molecule has 1 aliphatic rings. The molecule has 1 aliphatic heterocycles. The fourth-order valence-corrected chi connectivity index (χ4v) is 0.346. The van der Waals surface area contributed by atoms with Crippen molar-refractivity contribution in [2.24, 2.45) is 0 Å². The van der Waals surface area contributed by atoms with E-state index in [2.05, 4.69) is 5.32 Å². The molecule has 1 rings (SSSR count). The summed E-state index contributed by atoms with van der Waals surface area (Å²) >= 11 is 0. The van der Waals surface area contributed by atoms with Crippen LogP contribution in [-0.4, -0.2) is 18.4 Å². The quantitative estimate of drug-likeness (QED) is 0.438. The van der Waals surface area contributed by atoms with Gasteiger partial charge in [-0.25, -0.2) is 0 Å². The summed E-state index contributed by atoms with van der Waals surface area (Å²) in [4.78, 5) is 10.1. The van der Waals surface area contributed by atoms with Gasteiger partial charge in [0, 0.05) is 6.54 Å². The van der Waals surface area contributed by atoms with Gasteiger partial charge in [0.15, 0.2) is 0 Å². The lowest BCUT2D eigenvalue weighted by molar-refractivity contribution is -0.116. The summed E-state index contributed by atoms with van der Waals surface area (Å²) in [7, 11) is 0. The SMILES string of the molecule is CC(=O)[C@@H]1CN1. The molecule has 2 nitrogen and oxygen atoms in total. The minimum absolute atomic E-state index is 0.213. The second kappa shape index (κ2) is 1.05. The maximum atomic E-state index is 10.1. The molecule has 0 aliphatic carbocycles. The Balaban J connectivity index is 2.31. The molecule has 1 fully saturated rings. The van der Waals surface area contributed by atoms with E-state index in [1.54, 1.807) is 6.92 Å². The van der Waals surface area contributed by atoms with Crippen molar-refractivity contribution in [1.29, 1.82) is 0 Å². The zero-order valence-corrected chi connectivity index (χ0v) is 3.69. The van der Waals surface area contributed by atoms with E-state index in [9.17, 15) is 4.79 Å². The first-order valence-corrected chi connectivity index (χ1v) is 2.04. The lowest BCUT2D eigenvalue weighted by atomic mass is 10.3. The number of carbonyl (C=O) groups excluding carboxylic acids is 1. The van der Waals surface area contributed by atoms with Gasteiger partial charge in [0.25, 0.3) is 0 Å². The minimum atomic E-state index is 0.213. The Morgan fingerprint density at radius 3 is 2.50 bits per heavy atom. The van der Waals surface area contributed by atoms with Crippen molar-refractivity contribution in [1.82, 2.24) is 5.32 Å². The molecule has 1 N–H and O–H groups in total. The maximum absolute atomic E-state index is 10.1. The number of ketones is 1. The van der Waals surface area contributed by atoms with E-state index in [0.29, 0.717) is 0 Å². The number of carbonyl (C=O) groups is 1. The molecule has 1 heterocycles. The molecule has 0 unspecified atom stereocenters. The third-order valence-electron chi connectivity index (χ3n) is 0.899. The van der Waals surface area contributed by atoms with Crippen molar-refractivity contribution in [3.05, 3.63) is 0 Å². The van der Waals surface area contributed by atoms with E-state index in [-0.39, 0.29) is 11.8 Å². The van der Waals surface area contributed by atoms with Crippen LogP contribution in [0.1, 0.15) is 6.92 Å². The van der Waals surface area contributed by atoms with Crippen LogP contribution in [0.25, 0.3) is 0 Å². The van der Waals surface area contributed by atoms with Gasteiger partial charge in [0.1, 0.15) is 5.78 Å². The highest BCUT2D eigenvalue weighted by Crippen LogP contribution is 1.95. The molecule has 0 spiro atoms. The van der Waals surface area contributed by atoms with Crippen LogP contribution in [-0.2, 0) is 4.79 Å². The summed E-state index contributed by atoms with van der Waals surface area (Å²) < 4.78 is 0. The van der Waals surface area contributed by atoms with Crippen molar-refractivity contribution in [3.63, 3.8) is 0 Å². The fourth-order valence-electron chi connectivity index (χ4n) is 0.346. The molecule has 34 valence electrons.